The molecule has 0 aliphatic heterocycles. The van der Waals surface area contributed by atoms with Crippen LogP contribution in [0.5, 0.6) is 0 Å². The topological polar surface area (TPSA) is 98.8 Å². The van der Waals surface area contributed by atoms with Crippen molar-refractivity contribution in [3.63, 3.8) is 0 Å². The largest absolute Gasteiger partial charge is 0.414 e. The third-order valence-electron chi connectivity index (χ3n) is 3.11. The molecule has 3 aromatic rings. The lowest BCUT2D eigenvalue weighted by Crippen LogP contribution is -2.09. The normalized spacial score (nSPS) is 11.6. The van der Waals surface area contributed by atoms with Crippen molar-refractivity contribution in [3.05, 3.63) is 40.5 Å². The van der Waals surface area contributed by atoms with Gasteiger partial charge in [-0.2, -0.15) is 0 Å². The van der Waals surface area contributed by atoms with Gasteiger partial charge >= 0.3 is 0 Å². The van der Waals surface area contributed by atoms with Crippen molar-refractivity contribution in [2.75, 3.05) is 5.75 Å². The Morgan fingerprint density at radius 3 is 2.50 bits per heavy atom. The number of rotatable bonds is 4. The Labute approximate surface area is 147 Å². The fourth-order valence-corrected chi connectivity index (χ4v) is 2.93. The molecular weight excluding hydrogens is 375 g/mol. The minimum Gasteiger partial charge on any atom is -0.414 e. The first-order valence-electron chi connectivity index (χ1n) is 6.76. The van der Waals surface area contributed by atoms with Crippen LogP contribution in [0.3, 0.4) is 0 Å². The second-order valence-electron chi connectivity index (χ2n) is 4.64. The van der Waals surface area contributed by atoms with Crippen LogP contribution in [0.2, 0.25) is 10.0 Å². The predicted molar refractivity (Wildman–Crippen MR) is 88.5 cm³/mol. The highest BCUT2D eigenvalue weighted by molar-refractivity contribution is 7.91. The smallest absolute Gasteiger partial charge is 0.268 e. The first kappa shape index (κ1) is 16.8. The quantitative estimate of drug-likeness (QED) is 0.636. The fourth-order valence-electron chi connectivity index (χ4n) is 1.84. The van der Waals surface area contributed by atoms with Crippen LogP contribution >= 0.6 is 23.2 Å². The predicted octanol–water partition coefficient (Wildman–Crippen LogP) is 3.29. The Morgan fingerprint density at radius 2 is 1.79 bits per heavy atom. The van der Waals surface area contributed by atoms with Gasteiger partial charge < -0.3 is 4.42 Å². The van der Waals surface area contributed by atoms with Crippen LogP contribution in [0.25, 0.3) is 23.0 Å². The molecule has 0 radical (unpaired) electrons. The lowest BCUT2D eigenvalue weighted by atomic mass is 10.2. The summed E-state index contributed by atoms with van der Waals surface area (Å²) in [6.07, 6.45) is 1.19. The summed E-state index contributed by atoms with van der Waals surface area (Å²) in [6, 6.07) is 6.94. The van der Waals surface area contributed by atoms with E-state index in [9.17, 15) is 8.42 Å². The first-order valence-corrected chi connectivity index (χ1v) is 9.17. The van der Waals surface area contributed by atoms with E-state index in [0.29, 0.717) is 10.6 Å². The zero-order valence-electron chi connectivity index (χ0n) is 12.3. The van der Waals surface area contributed by atoms with Gasteiger partial charge in [0.05, 0.1) is 27.6 Å². The minimum absolute atomic E-state index is 0.0233. The van der Waals surface area contributed by atoms with Gasteiger partial charge in [0, 0.05) is 0 Å². The van der Waals surface area contributed by atoms with Gasteiger partial charge in [0.2, 0.25) is 20.9 Å². The van der Waals surface area contributed by atoms with Gasteiger partial charge in [-0.1, -0.05) is 42.3 Å². The first-order chi connectivity index (χ1) is 11.4. The van der Waals surface area contributed by atoms with Gasteiger partial charge in [0.1, 0.15) is 0 Å². The Balaban J connectivity index is 2.08. The molecule has 0 fully saturated rings. The number of hydrogen-bond acceptors (Lipinski definition) is 7. The van der Waals surface area contributed by atoms with E-state index in [-0.39, 0.29) is 33.4 Å². The molecule has 10 heteroatoms. The molecule has 0 unspecified atom stereocenters. The maximum atomic E-state index is 11.9. The van der Waals surface area contributed by atoms with Gasteiger partial charge in [-0.05, 0) is 12.1 Å². The number of aromatic nitrogens is 4. The van der Waals surface area contributed by atoms with Crippen LogP contribution in [-0.4, -0.2) is 34.3 Å². The van der Waals surface area contributed by atoms with E-state index >= 15 is 0 Å². The van der Waals surface area contributed by atoms with Crippen LogP contribution in [-0.2, 0) is 9.84 Å². The molecule has 124 valence electrons. The lowest BCUT2D eigenvalue weighted by molar-refractivity contribution is 0.577. The Bertz CT molecular complexity index is 1000. The molecule has 1 aromatic carbocycles. The molecule has 0 bridgehead atoms. The van der Waals surface area contributed by atoms with Gasteiger partial charge in [-0.3, -0.25) is 0 Å². The zero-order chi connectivity index (χ0) is 17.3. The molecule has 7 nitrogen and oxygen atoms in total. The number of hydrogen-bond donors (Lipinski definition) is 0. The standard InChI is InChI=1S/C14H10Cl2N4O3S/c1-2-24(21,22)14-17-7-10(16)11(18-14)13-20-19-12(23-13)8-5-3-4-6-9(8)15/h3-7H,2H2,1H3. The summed E-state index contributed by atoms with van der Waals surface area (Å²) < 4.78 is 29.4. The summed E-state index contributed by atoms with van der Waals surface area (Å²) in [6.45, 7) is 1.50. The second kappa shape index (κ2) is 6.46. The Morgan fingerprint density at radius 1 is 1.08 bits per heavy atom. The van der Waals surface area contributed by atoms with Crippen molar-refractivity contribution >= 4 is 33.0 Å². The van der Waals surface area contributed by atoms with Gasteiger partial charge in [0.15, 0.2) is 5.69 Å². The summed E-state index contributed by atoms with van der Waals surface area (Å²) >= 11 is 12.1. The molecule has 24 heavy (non-hydrogen) atoms. The molecule has 3 rings (SSSR count). The summed E-state index contributed by atoms with van der Waals surface area (Å²) in [5.41, 5.74) is 0.592. The molecule has 0 aliphatic carbocycles. The monoisotopic (exact) mass is 384 g/mol. The Hall–Kier alpha value is -2.03. The average Bonchev–Trinajstić information content (AvgIpc) is 3.05. The molecule has 0 N–H and O–H groups in total. The maximum Gasteiger partial charge on any atom is 0.268 e. The maximum absolute atomic E-state index is 11.9. The van der Waals surface area contributed by atoms with Gasteiger partial charge in [-0.25, -0.2) is 18.4 Å². The number of sulfone groups is 1. The molecule has 0 aliphatic rings. The molecule has 2 heterocycles. The molecule has 0 atom stereocenters. The molecular formula is C14H10Cl2N4O3S. The van der Waals surface area contributed by atoms with E-state index in [4.69, 9.17) is 27.6 Å². The van der Waals surface area contributed by atoms with Crippen molar-refractivity contribution in [2.24, 2.45) is 0 Å². The molecule has 0 amide bonds. The summed E-state index contributed by atoms with van der Waals surface area (Å²) in [4.78, 5) is 7.70. The van der Waals surface area contributed by atoms with Crippen molar-refractivity contribution in [1.29, 1.82) is 0 Å². The van der Waals surface area contributed by atoms with Crippen molar-refractivity contribution in [2.45, 2.75) is 12.1 Å². The van der Waals surface area contributed by atoms with Crippen LogP contribution < -0.4 is 0 Å². The summed E-state index contributed by atoms with van der Waals surface area (Å²) in [5, 5.41) is 7.97. The number of benzene rings is 1. The van der Waals surface area contributed by atoms with Crippen LogP contribution in [0, 0.1) is 0 Å². The van der Waals surface area contributed by atoms with Crippen LogP contribution in [0.4, 0.5) is 0 Å². The highest BCUT2D eigenvalue weighted by atomic mass is 35.5. The summed E-state index contributed by atoms with van der Waals surface area (Å²) in [5.74, 6) is 0.0121. The van der Waals surface area contributed by atoms with Crippen molar-refractivity contribution < 1.29 is 12.8 Å². The molecule has 0 saturated heterocycles. The van der Waals surface area contributed by atoms with Gasteiger partial charge in [-0.15, -0.1) is 10.2 Å². The Kier molecular flexibility index (Phi) is 4.53. The van der Waals surface area contributed by atoms with Crippen molar-refractivity contribution in [1.82, 2.24) is 20.2 Å². The van der Waals surface area contributed by atoms with Crippen LogP contribution in [0.15, 0.2) is 40.0 Å². The minimum atomic E-state index is -3.59. The van der Waals surface area contributed by atoms with E-state index < -0.39 is 9.84 Å². The van der Waals surface area contributed by atoms with E-state index in [0.717, 1.165) is 0 Å². The van der Waals surface area contributed by atoms with E-state index in [1.54, 1.807) is 24.3 Å². The number of nitrogens with zero attached hydrogens (tertiary/aromatic N) is 4. The fraction of sp³-hybridized carbons (Fsp3) is 0.143. The molecule has 0 spiro atoms. The van der Waals surface area contributed by atoms with Crippen molar-refractivity contribution in [3.8, 4) is 23.0 Å². The zero-order valence-corrected chi connectivity index (χ0v) is 14.6. The highest BCUT2D eigenvalue weighted by Gasteiger charge is 2.21. The third kappa shape index (κ3) is 3.12. The van der Waals surface area contributed by atoms with E-state index in [1.807, 2.05) is 0 Å². The van der Waals surface area contributed by atoms with E-state index in [1.165, 1.54) is 13.1 Å². The summed E-state index contributed by atoms with van der Waals surface area (Å²) in [7, 11) is -3.59. The molecule has 0 saturated carbocycles. The highest BCUT2D eigenvalue weighted by Crippen LogP contribution is 2.31. The van der Waals surface area contributed by atoms with Gasteiger partial charge in [0.25, 0.3) is 5.89 Å². The lowest BCUT2D eigenvalue weighted by Gasteiger charge is -2.02. The van der Waals surface area contributed by atoms with Crippen LogP contribution in [0.1, 0.15) is 6.92 Å². The molecule has 2 aromatic heterocycles. The number of halogens is 2. The SMILES string of the molecule is CCS(=O)(=O)c1ncc(Cl)c(-c2nnc(-c3ccccc3Cl)o2)n1. The average molecular weight is 385 g/mol. The third-order valence-corrected chi connectivity index (χ3v) is 5.23. The van der Waals surface area contributed by atoms with E-state index in [2.05, 4.69) is 20.2 Å². The second-order valence-corrected chi connectivity index (χ2v) is 7.63.